The number of para-hydroxylation sites is 1. The number of aryl methyl sites for hydroxylation is 1. The van der Waals surface area contributed by atoms with E-state index in [1.54, 1.807) is 63.2 Å². The zero-order chi connectivity index (χ0) is 66.4. The van der Waals surface area contributed by atoms with E-state index in [0.29, 0.717) is 34.5 Å². The van der Waals surface area contributed by atoms with Gasteiger partial charge in [0.15, 0.2) is 5.78 Å². The number of primary amides is 1. The molecule has 0 aliphatic carbocycles. The highest BCUT2D eigenvalue weighted by atomic mass is 16.5. The summed E-state index contributed by atoms with van der Waals surface area (Å²) in [4.78, 5) is 124. The fourth-order valence-electron chi connectivity index (χ4n) is 11.3. The number of rotatable bonds is 28. The standard InChI is InChI=1S/C70H89N9O11/c1-42(2)55(35-44(5)67(87)88)78(13)66(86)63(69(6,7)8)76-65(85)62(72-11)70(9,10)53-40-77(12)56-36-46(26-31-52(53)56)37-60(83)90-41-45-24-29-51(30-25-45)74-64(84)49(22-18-34-73-68(71)89)38-57(80)61(43(3)4)75-58(81)32-33-59(82)79-39-50-21-15-14-19-47(50)27-28-48-20-16-17-23-54(48)79/h14-17,19-21,23-26,29-31,35-36,40,42-43,49,55,61-63,72H,18,22,32-34,37-39,41H2,1-13H3,(H,74,84)(H,75,81)(H,76,85)(H,87,88)(H3,71,73,89)/b44-35+/t49-,55-,61+,62-,63-/m1/s1. The van der Waals surface area contributed by atoms with E-state index >= 15 is 0 Å². The van der Waals surface area contributed by atoms with Gasteiger partial charge in [0.2, 0.25) is 29.5 Å². The molecule has 480 valence electrons. The quantitative estimate of drug-likeness (QED) is 0.0108. The number of carboxylic acid groups (broad SMARTS) is 1. The van der Waals surface area contributed by atoms with Gasteiger partial charge in [0.05, 0.1) is 36.8 Å². The minimum absolute atomic E-state index is 0.0357. The molecule has 0 unspecified atom stereocenters. The second kappa shape index (κ2) is 30.9. The third-order valence-corrected chi connectivity index (χ3v) is 16.5. The summed E-state index contributed by atoms with van der Waals surface area (Å²) < 4.78 is 7.64. The lowest BCUT2D eigenvalue weighted by molar-refractivity contribution is -0.144. The van der Waals surface area contributed by atoms with Crippen LogP contribution in [0.15, 0.2) is 109 Å². The molecule has 20 heteroatoms. The van der Waals surface area contributed by atoms with E-state index in [9.17, 15) is 48.3 Å². The zero-order valence-electron chi connectivity index (χ0n) is 54.2. The summed E-state index contributed by atoms with van der Waals surface area (Å²) in [6.45, 7) is 18.8. The molecule has 0 bridgehead atoms. The lowest BCUT2D eigenvalue weighted by Crippen LogP contribution is -2.61. The number of anilines is 2. The molecule has 0 fully saturated rings. The maximum atomic E-state index is 14.4. The Labute approximate surface area is 528 Å². The number of carbonyl (C=O) groups excluding carboxylic acids is 8. The lowest BCUT2D eigenvalue weighted by atomic mass is 9.76. The highest BCUT2D eigenvalue weighted by Crippen LogP contribution is 2.36. The Morgan fingerprint density at radius 2 is 1.44 bits per heavy atom. The molecule has 4 aromatic carbocycles. The summed E-state index contributed by atoms with van der Waals surface area (Å²) in [6.07, 6.45) is 3.48. The molecule has 5 aromatic rings. The first-order valence-electron chi connectivity index (χ1n) is 30.6. The number of urea groups is 1. The second-order valence-corrected chi connectivity index (χ2v) is 25.6. The minimum Gasteiger partial charge on any atom is -0.478 e. The monoisotopic (exact) mass is 1230 g/mol. The summed E-state index contributed by atoms with van der Waals surface area (Å²) in [7, 11) is 5.20. The van der Waals surface area contributed by atoms with Gasteiger partial charge in [0.1, 0.15) is 12.6 Å². The molecule has 0 spiro atoms. The van der Waals surface area contributed by atoms with Crippen molar-refractivity contribution in [3.8, 4) is 11.8 Å². The maximum Gasteiger partial charge on any atom is 0.331 e. The Morgan fingerprint density at radius 1 is 0.800 bits per heavy atom. The van der Waals surface area contributed by atoms with Crippen LogP contribution in [0, 0.1) is 35.0 Å². The van der Waals surface area contributed by atoms with Crippen molar-refractivity contribution in [1.82, 2.24) is 30.7 Å². The number of benzene rings is 4. The number of esters is 1. The normalized spacial score (nSPS) is 14.0. The van der Waals surface area contributed by atoms with E-state index in [0.717, 1.165) is 27.6 Å². The molecule has 0 radical (unpaired) electrons. The number of aliphatic carboxylic acids is 1. The number of nitrogens with two attached hydrogens (primary N) is 1. The molecule has 0 saturated heterocycles. The molecule has 1 aromatic heterocycles. The fourth-order valence-corrected chi connectivity index (χ4v) is 11.3. The highest BCUT2D eigenvalue weighted by Gasteiger charge is 2.43. The molecule has 1 aliphatic rings. The van der Waals surface area contributed by atoms with E-state index in [4.69, 9.17) is 10.5 Å². The number of Topliss-reactive ketones (excluding diaryl/α,β-unsaturated/α-hetero) is 1. The van der Waals surface area contributed by atoms with Gasteiger partial charge in [-0.1, -0.05) is 135 Å². The van der Waals surface area contributed by atoms with Crippen LogP contribution < -0.4 is 37.2 Å². The van der Waals surface area contributed by atoms with Crippen molar-refractivity contribution in [3.05, 3.63) is 142 Å². The molecule has 20 nitrogen and oxygen atoms in total. The zero-order valence-corrected chi connectivity index (χ0v) is 54.2. The molecule has 8 N–H and O–H groups in total. The predicted molar refractivity (Wildman–Crippen MR) is 348 cm³/mol. The Hall–Kier alpha value is -9.09. The van der Waals surface area contributed by atoms with Crippen molar-refractivity contribution >= 4 is 75.6 Å². The number of fused-ring (bicyclic) bond motifs is 3. The van der Waals surface area contributed by atoms with E-state index in [1.165, 1.54) is 11.8 Å². The van der Waals surface area contributed by atoms with Crippen LogP contribution in [-0.4, -0.2) is 113 Å². The predicted octanol–water partition coefficient (Wildman–Crippen LogP) is 8.20. The molecular weight excluding hydrogens is 1140 g/mol. The first-order chi connectivity index (χ1) is 42.4. The van der Waals surface area contributed by atoms with Crippen LogP contribution in [-0.2, 0) is 75.1 Å². The Morgan fingerprint density at radius 3 is 2.08 bits per heavy atom. The summed E-state index contributed by atoms with van der Waals surface area (Å²) in [5.41, 5.74) is 10.3. The van der Waals surface area contributed by atoms with Gasteiger partial charge in [-0.25, -0.2) is 9.59 Å². The van der Waals surface area contributed by atoms with E-state index < -0.39 is 76.6 Å². The number of amides is 7. The van der Waals surface area contributed by atoms with Crippen molar-refractivity contribution in [3.63, 3.8) is 0 Å². The number of carboxylic acids is 1. The largest absolute Gasteiger partial charge is 0.478 e. The first kappa shape index (κ1) is 70.0. The van der Waals surface area contributed by atoms with Gasteiger partial charge in [-0.15, -0.1) is 0 Å². The third kappa shape index (κ3) is 18.3. The smallest absolute Gasteiger partial charge is 0.331 e. The molecule has 90 heavy (non-hydrogen) atoms. The lowest BCUT2D eigenvalue weighted by Gasteiger charge is -2.39. The Balaban J connectivity index is 1.05. The number of hydrogen-bond donors (Lipinski definition) is 7. The van der Waals surface area contributed by atoms with Gasteiger partial charge in [0.25, 0.3) is 0 Å². The fraction of sp³-hybridized carbons (Fsp3) is 0.443. The van der Waals surface area contributed by atoms with Gasteiger partial charge in [-0.3, -0.25) is 33.6 Å². The SMILES string of the molecule is CN[C@H](C(=O)N[C@H](C(=O)N(C)[C@H](/C=C(\C)C(=O)O)C(C)C)C(C)(C)C)C(C)(C)c1cn(C)c2cc(CC(=O)OCc3ccc(NC(=O)[C@H](CCCNC(N)=O)CC(=O)[C@@H](NC(=O)CCC(=O)N4Cc5ccccc5C#Cc5ccccc54)C(C)C)cc3)ccc12. The maximum absolute atomic E-state index is 14.4. The minimum atomic E-state index is -1.08. The summed E-state index contributed by atoms with van der Waals surface area (Å²) in [6, 6.07) is 23.4. The van der Waals surface area contributed by atoms with Gasteiger partial charge < -0.3 is 56.5 Å². The van der Waals surface area contributed by atoms with Crippen molar-refractivity contribution in [2.45, 2.75) is 150 Å². The van der Waals surface area contributed by atoms with Crippen LogP contribution in [0.4, 0.5) is 16.2 Å². The number of nitrogens with zero attached hydrogens (tertiary/aromatic N) is 3. The topological polar surface area (TPSA) is 281 Å². The van der Waals surface area contributed by atoms with Crippen LogP contribution in [0.25, 0.3) is 10.9 Å². The number of ether oxygens (including phenoxy) is 1. The van der Waals surface area contributed by atoms with E-state index in [-0.39, 0.29) is 86.8 Å². The number of carbonyl (C=O) groups is 9. The second-order valence-electron chi connectivity index (χ2n) is 25.6. The molecular formula is C70H89N9O11. The van der Waals surface area contributed by atoms with Gasteiger partial charge >= 0.3 is 18.0 Å². The number of likely N-dealkylation sites (N-methyl/N-ethyl adjacent to an activating group) is 2. The molecule has 5 atom stereocenters. The molecule has 0 saturated carbocycles. The van der Waals surface area contributed by atoms with Crippen molar-refractivity contribution in [2.24, 2.45) is 36.0 Å². The van der Waals surface area contributed by atoms with Crippen LogP contribution in [0.1, 0.15) is 135 Å². The molecule has 1 aliphatic heterocycles. The van der Waals surface area contributed by atoms with E-state index in [2.05, 4.69) is 38.4 Å². The molecule has 6 rings (SSSR count). The summed E-state index contributed by atoms with van der Waals surface area (Å²) in [5, 5.41) is 24.9. The average molecular weight is 1230 g/mol. The molecule has 2 heterocycles. The van der Waals surface area contributed by atoms with Gasteiger partial charge in [-0.2, -0.15) is 0 Å². The Kier molecular flexibility index (Phi) is 24.0. The molecule has 7 amide bonds. The summed E-state index contributed by atoms with van der Waals surface area (Å²) >= 11 is 0. The van der Waals surface area contributed by atoms with Crippen LogP contribution in [0.5, 0.6) is 0 Å². The number of aromatic nitrogens is 1. The number of hydrogen-bond acceptors (Lipinski definition) is 11. The summed E-state index contributed by atoms with van der Waals surface area (Å²) in [5.74, 6) is 1.15. The number of ketones is 1. The van der Waals surface area contributed by atoms with Crippen LogP contribution >= 0.6 is 0 Å². The van der Waals surface area contributed by atoms with Crippen LogP contribution in [0.3, 0.4) is 0 Å². The van der Waals surface area contributed by atoms with Gasteiger partial charge in [-0.05, 0) is 103 Å². The van der Waals surface area contributed by atoms with Gasteiger partial charge in [0, 0.05) is 90.7 Å². The van der Waals surface area contributed by atoms with Crippen LogP contribution in [0.2, 0.25) is 0 Å². The highest BCUT2D eigenvalue weighted by molar-refractivity contribution is 6.00. The van der Waals surface area contributed by atoms with Crippen molar-refractivity contribution in [2.75, 3.05) is 30.9 Å². The third-order valence-electron chi connectivity index (χ3n) is 16.5. The van der Waals surface area contributed by atoms with Crippen molar-refractivity contribution < 1.29 is 53.0 Å². The average Bonchev–Trinajstić information content (AvgIpc) is 1.57. The number of nitrogens with one attached hydrogen (secondary N) is 5. The first-order valence-corrected chi connectivity index (χ1v) is 30.6. The van der Waals surface area contributed by atoms with Crippen molar-refractivity contribution in [1.29, 1.82) is 0 Å². The van der Waals surface area contributed by atoms with E-state index in [1.807, 2.05) is 133 Å². The Bertz CT molecular complexity index is 3570.